The molecule has 3 atom stereocenters. The van der Waals surface area contributed by atoms with Crippen molar-refractivity contribution in [3.63, 3.8) is 0 Å². The van der Waals surface area contributed by atoms with E-state index in [0.29, 0.717) is 18.0 Å². The molecule has 3 heterocycles. The van der Waals surface area contributed by atoms with Crippen molar-refractivity contribution in [2.45, 2.75) is 30.8 Å². The number of morpholine rings is 1. The number of alkyl halides is 3. The standard InChI is InChI=1S/C17H16F3N3O/c18-17(19,20)11-3-6-15(22-8-11)23-12-4-1-10(2-5-12)16-14-7-13(24-16)9-21-14/h1-6,8,13-14,16,21H,7,9H2,(H,22,23). The number of nitrogens with one attached hydrogen (secondary N) is 2. The summed E-state index contributed by atoms with van der Waals surface area (Å²) >= 11 is 0. The van der Waals surface area contributed by atoms with Gasteiger partial charge in [-0.1, -0.05) is 12.1 Å². The summed E-state index contributed by atoms with van der Waals surface area (Å²) in [6, 6.07) is 10.4. The van der Waals surface area contributed by atoms with Crippen molar-refractivity contribution in [1.82, 2.24) is 10.3 Å². The third-order valence-corrected chi connectivity index (χ3v) is 4.43. The van der Waals surface area contributed by atoms with Crippen LogP contribution in [0.3, 0.4) is 0 Å². The van der Waals surface area contributed by atoms with Gasteiger partial charge in [-0.2, -0.15) is 13.2 Å². The molecule has 0 radical (unpaired) electrons. The van der Waals surface area contributed by atoms with Gasteiger partial charge in [-0.15, -0.1) is 0 Å². The van der Waals surface area contributed by atoms with Gasteiger partial charge in [-0.3, -0.25) is 0 Å². The third kappa shape index (κ3) is 2.97. The van der Waals surface area contributed by atoms with Crippen LogP contribution >= 0.6 is 0 Å². The summed E-state index contributed by atoms with van der Waals surface area (Å²) in [7, 11) is 0. The summed E-state index contributed by atoms with van der Waals surface area (Å²) in [6.07, 6.45) is -2.14. The number of hydrogen-bond acceptors (Lipinski definition) is 4. The predicted molar refractivity (Wildman–Crippen MR) is 83.0 cm³/mol. The number of benzene rings is 1. The number of ether oxygens (including phenoxy) is 1. The van der Waals surface area contributed by atoms with E-state index >= 15 is 0 Å². The van der Waals surface area contributed by atoms with E-state index in [4.69, 9.17) is 4.74 Å². The van der Waals surface area contributed by atoms with Gasteiger partial charge in [0, 0.05) is 24.5 Å². The highest BCUT2D eigenvalue weighted by Crippen LogP contribution is 2.37. The van der Waals surface area contributed by atoms with Gasteiger partial charge in [0.15, 0.2) is 0 Å². The van der Waals surface area contributed by atoms with E-state index < -0.39 is 11.7 Å². The fraction of sp³-hybridized carbons (Fsp3) is 0.353. The molecule has 2 N–H and O–H groups in total. The fourth-order valence-corrected chi connectivity index (χ4v) is 3.22. The Kier molecular flexibility index (Phi) is 3.69. The maximum Gasteiger partial charge on any atom is 0.417 e. The van der Waals surface area contributed by atoms with Crippen LogP contribution in [0, 0.1) is 0 Å². The van der Waals surface area contributed by atoms with E-state index in [1.807, 2.05) is 24.3 Å². The zero-order chi connectivity index (χ0) is 16.7. The van der Waals surface area contributed by atoms with Gasteiger partial charge in [0.05, 0.1) is 17.8 Å². The largest absolute Gasteiger partial charge is 0.417 e. The third-order valence-electron chi connectivity index (χ3n) is 4.43. The summed E-state index contributed by atoms with van der Waals surface area (Å²) in [5, 5.41) is 6.43. The normalized spacial score (nSPS) is 25.9. The van der Waals surface area contributed by atoms with Gasteiger partial charge >= 0.3 is 6.18 Å². The highest BCUT2D eigenvalue weighted by molar-refractivity contribution is 5.56. The van der Waals surface area contributed by atoms with Crippen molar-refractivity contribution in [1.29, 1.82) is 0 Å². The molecule has 126 valence electrons. The average Bonchev–Trinajstić information content (AvgIpc) is 3.18. The number of pyridine rings is 1. The van der Waals surface area contributed by atoms with Crippen LogP contribution in [-0.4, -0.2) is 23.7 Å². The molecular weight excluding hydrogens is 319 g/mol. The van der Waals surface area contributed by atoms with Crippen LogP contribution < -0.4 is 10.6 Å². The van der Waals surface area contributed by atoms with Crippen LogP contribution in [0.1, 0.15) is 23.7 Å². The Morgan fingerprint density at radius 1 is 1.12 bits per heavy atom. The summed E-state index contributed by atoms with van der Waals surface area (Å²) in [6.45, 7) is 0.917. The topological polar surface area (TPSA) is 46.2 Å². The van der Waals surface area contributed by atoms with Crippen LogP contribution in [0.4, 0.5) is 24.7 Å². The first-order valence-corrected chi connectivity index (χ1v) is 7.78. The zero-order valence-corrected chi connectivity index (χ0v) is 12.7. The van der Waals surface area contributed by atoms with Crippen LogP contribution in [0.25, 0.3) is 0 Å². The lowest BCUT2D eigenvalue weighted by Crippen LogP contribution is -2.33. The van der Waals surface area contributed by atoms with E-state index in [1.165, 1.54) is 6.07 Å². The van der Waals surface area contributed by atoms with E-state index in [1.54, 1.807) is 0 Å². The smallest absolute Gasteiger partial charge is 0.367 e. The van der Waals surface area contributed by atoms with Crippen molar-refractivity contribution >= 4 is 11.5 Å². The molecule has 2 fully saturated rings. The van der Waals surface area contributed by atoms with Gasteiger partial charge in [0.25, 0.3) is 0 Å². The predicted octanol–water partition coefficient (Wildman–Crippen LogP) is 3.65. The van der Waals surface area contributed by atoms with E-state index in [-0.39, 0.29) is 6.10 Å². The average molecular weight is 335 g/mol. The number of halogens is 3. The fourth-order valence-electron chi connectivity index (χ4n) is 3.22. The highest BCUT2D eigenvalue weighted by Gasteiger charge is 2.41. The monoisotopic (exact) mass is 335 g/mol. The lowest BCUT2D eigenvalue weighted by Gasteiger charge is -2.23. The molecule has 2 saturated heterocycles. The molecule has 0 aliphatic carbocycles. The van der Waals surface area contributed by atoms with Crippen molar-refractivity contribution in [2.24, 2.45) is 0 Å². The first-order chi connectivity index (χ1) is 11.5. The Balaban J connectivity index is 1.44. The van der Waals surface area contributed by atoms with Gasteiger partial charge in [0.2, 0.25) is 0 Å². The summed E-state index contributed by atoms with van der Waals surface area (Å²) < 4.78 is 43.5. The number of aromatic nitrogens is 1. The van der Waals surface area contributed by atoms with Crippen molar-refractivity contribution in [2.75, 3.05) is 11.9 Å². The Hall–Kier alpha value is -2.12. The molecule has 7 heteroatoms. The maximum absolute atomic E-state index is 12.5. The number of rotatable bonds is 3. The lowest BCUT2D eigenvalue weighted by atomic mass is 10.0. The lowest BCUT2D eigenvalue weighted by molar-refractivity contribution is -0.137. The van der Waals surface area contributed by atoms with Crippen molar-refractivity contribution < 1.29 is 17.9 Å². The molecule has 2 aliphatic rings. The van der Waals surface area contributed by atoms with E-state index in [9.17, 15) is 13.2 Å². The molecule has 2 bridgehead atoms. The molecule has 4 rings (SSSR count). The molecule has 4 nitrogen and oxygen atoms in total. The summed E-state index contributed by atoms with van der Waals surface area (Å²) in [4.78, 5) is 3.81. The first kappa shape index (κ1) is 15.4. The molecule has 0 amide bonds. The Morgan fingerprint density at radius 3 is 2.46 bits per heavy atom. The molecule has 0 saturated carbocycles. The minimum absolute atomic E-state index is 0.0713. The zero-order valence-electron chi connectivity index (χ0n) is 12.7. The molecule has 1 aromatic heterocycles. The van der Waals surface area contributed by atoms with Gasteiger partial charge in [-0.05, 0) is 36.2 Å². The van der Waals surface area contributed by atoms with Crippen molar-refractivity contribution in [3.05, 3.63) is 53.7 Å². The second-order valence-corrected chi connectivity index (χ2v) is 6.11. The van der Waals surface area contributed by atoms with Crippen LogP contribution in [0.15, 0.2) is 42.6 Å². The molecular formula is C17H16F3N3O. The maximum atomic E-state index is 12.5. The second kappa shape index (κ2) is 5.75. The second-order valence-electron chi connectivity index (χ2n) is 6.11. The van der Waals surface area contributed by atoms with Gasteiger partial charge in [0.1, 0.15) is 5.82 Å². The number of nitrogens with zero attached hydrogens (tertiary/aromatic N) is 1. The van der Waals surface area contributed by atoms with Crippen molar-refractivity contribution in [3.8, 4) is 0 Å². The van der Waals surface area contributed by atoms with Crippen LogP contribution in [-0.2, 0) is 10.9 Å². The van der Waals surface area contributed by atoms with Gasteiger partial charge < -0.3 is 15.4 Å². The number of anilines is 2. The summed E-state index contributed by atoms with van der Waals surface area (Å²) in [5.41, 5.74) is 1.10. The summed E-state index contributed by atoms with van der Waals surface area (Å²) in [5.74, 6) is 0.369. The Bertz CT molecular complexity index is 715. The molecule has 24 heavy (non-hydrogen) atoms. The molecule has 3 unspecified atom stereocenters. The van der Waals surface area contributed by atoms with E-state index in [2.05, 4.69) is 15.6 Å². The molecule has 2 aromatic rings. The highest BCUT2D eigenvalue weighted by atomic mass is 19.4. The number of hydrogen-bond donors (Lipinski definition) is 2. The molecule has 1 aromatic carbocycles. The Morgan fingerprint density at radius 2 is 1.92 bits per heavy atom. The van der Waals surface area contributed by atoms with Crippen LogP contribution in [0.5, 0.6) is 0 Å². The molecule has 2 aliphatic heterocycles. The Labute approximate surface area is 137 Å². The quantitative estimate of drug-likeness (QED) is 0.899. The first-order valence-electron chi connectivity index (χ1n) is 7.78. The minimum Gasteiger partial charge on any atom is -0.367 e. The van der Waals surface area contributed by atoms with Crippen LogP contribution in [0.2, 0.25) is 0 Å². The van der Waals surface area contributed by atoms with E-state index in [0.717, 1.165) is 36.5 Å². The minimum atomic E-state index is -4.37. The molecule has 0 spiro atoms. The SMILES string of the molecule is FC(F)(F)c1ccc(Nc2ccc(C3OC4CNC3C4)cc2)nc1. The van der Waals surface area contributed by atoms with Gasteiger partial charge in [-0.25, -0.2) is 4.98 Å². The number of fused-ring (bicyclic) bond motifs is 2.